The van der Waals surface area contributed by atoms with Gasteiger partial charge in [0.1, 0.15) is 5.60 Å². The highest BCUT2D eigenvalue weighted by atomic mass is 35.5. The maximum absolute atomic E-state index is 14.0. The minimum atomic E-state index is -0.901. The van der Waals surface area contributed by atoms with Crippen molar-refractivity contribution in [2.45, 2.75) is 90.8 Å². The molecule has 2 aliphatic heterocycles. The number of aliphatic hydroxyl groups is 1. The molecule has 3 heterocycles. The van der Waals surface area contributed by atoms with Crippen LogP contribution in [0.25, 0.3) is 0 Å². The first kappa shape index (κ1) is 38.9. The highest BCUT2D eigenvalue weighted by Crippen LogP contribution is 2.81. The molecule has 54 heavy (non-hydrogen) atoms. The summed E-state index contributed by atoms with van der Waals surface area (Å²) in [7, 11) is 4.25. The number of Topliss-reactive ketones (excluding diaryl/α,β-unsaturated/α-hetero) is 1. The Balaban J connectivity index is 0.000000174. The van der Waals surface area contributed by atoms with Crippen molar-refractivity contribution in [3.63, 3.8) is 0 Å². The Kier molecular flexibility index (Phi) is 9.65. The van der Waals surface area contributed by atoms with Gasteiger partial charge in [0.25, 0.3) is 0 Å². The van der Waals surface area contributed by atoms with Crippen LogP contribution in [0.4, 0.5) is 11.4 Å². The summed E-state index contributed by atoms with van der Waals surface area (Å²) in [6.07, 6.45) is 13.1. The molecule has 9 rings (SSSR count). The number of ketones is 2. The minimum absolute atomic E-state index is 0. The number of aryl methyl sites for hydroxylation is 2. The summed E-state index contributed by atoms with van der Waals surface area (Å²) < 4.78 is 11.9. The number of halogens is 2. The Morgan fingerprint density at radius 3 is 2.41 bits per heavy atom. The van der Waals surface area contributed by atoms with E-state index >= 15 is 0 Å². The molecule has 3 fully saturated rings. The van der Waals surface area contributed by atoms with E-state index < -0.39 is 21.8 Å². The van der Waals surface area contributed by atoms with Crippen molar-refractivity contribution in [1.29, 1.82) is 0 Å². The largest absolute Gasteiger partial charge is 0.504 e. The number of carbonyl (C=O) groups is 2. The topological polar surface area (TPSA) is 86.5 Å². The molecule has 1 spiro atoms. The Hall–Kier alpha value is -3.36. The van der Waals surface area contributed by atoms with E-state index in [4.69, 9.17) is 20.8 Å². The fourth-order valence-corrected chi connectivity index (χ4v) is 12.1. The van der Waals surface area contributed by atoms with Crippen molar-refractivity contribution in [2.75, 3.05) is 32.1 Å². The number of carbonyl (C=O) groups excluding carboxylic acids is 2. The summed E-state index contributed by atoms with van der Waals surface area (Å²) in [5.74, 6) is -0.312. The average Bonchev–Trinajstić information content (AvgIpc) is 3.54. The van der Waals surface area contributed by atoms with Crippen LogP contribution in [0.5, 0.6) is 0 Å². The number of furan rings is 1. The second kappa shape index (κ2) is 13.4. The third-order valence-corrected chi connectivity index (χ3v) is 14.7. The SMILES string of the molecule is CC1(C)C(=O)C=CC2(C)C1=C(O)C(=O)C1(C)C2CCC2(C)C(c3ccoc3)CC3OC321.CN(C)CCCN1c2ccccc2CCc2ccc(Cl)cc21.Cl. The number of ether oxygens (including phenoxy) is 1. The zero-order chi connectivity index (χ0) is 37.7. The molecule has 0 amide bonds. The fraction of sp³-hybridized carbons (Fsp3) is 0.511. The predicted octanol–water partition coefficient (Wildman–Crippen LogP) is 9.84. The second-order valence-corrected chi connectivity index (χ2v) is 18.2. The third-order valence-electron chi connectivity index (χ3n) is 14.4. The summed E-state index contributed by atoms with van der Waals surface area (Å²) in [4.78, 5) is 31.4. The molecule has 7 unspecified atom stereocenters. The number of hydrogen-bond donors (Lipinski definition) is 1. The quantitative estimate of drug-likeness (QED) is 0.259. The lowest BCUT2D eigenvalue weighted by atomic mass is 9.39. The molecule has 2 aromatic carbocycles. The van der Waals surface area contributed by atoms with Crippen LogP contribution in [0.1, 0.15) is 82.9 Å². The Morgan fingerprint density at radius 2 is 1.70 bits per heavy atom. The molecule has 1 saturated heterocycles. The maximum Gasteiger partial charge on any atom is 0.206 e. The molecular weight excluding hydrogens is 719 g/mol. The molecule has 288 valence electrons. The van der Waals surface area contributed by atoms with Gasteiger partial charge in [0.05, 0.1) is 29.5 Å². The first-order chi connectivity index (χ1) is 25.1. The smallest absolute Gasteiger partial charge is 0.206 e. The highest BCUT2D eigenvalue weighted by Gasteiger charge is 2.87. The number of nitrogens with zero attached hydrogens (tertiary/aromatic N) is 2. The van der Waals surface area contributed by atoms with Crippen molar-refractivity contribution in [3.05, 3.63) is 106 Å². The van der Waals surface area contributed by atoms with Crippen LogP contribution in [0, 0.1) is 27.6 Å². The number of para-hydroxylation sites is 1. The van der Waals surface area contributed by atoms with Crippen molar-refractivity contribution < 1.29 is 23.8 Å². The Morgan fingerprint density at radius 1 is 0.981 bits per heavy atom. The highest BCUT2D eigenvalue weighted by molar-refractivity contribution is 6.31. The van der Waals surface area contributed by atoms with E-state index in [1.165, 1.54) is 28.1 Å². The molecule has 4 aliphatic carbocycles. The molecule has 1 N–H and O–H groups in total. The first-order valence-electron chi connectivity index (χ1n) is 19.3. The Labute approximate surface area is 331 Å². The summed E-state index contributed by atoms with van der Waals surface area (Å²) in [6, 6.07) is 17.1. The molecule has 0 radical (unpaired) electrons. The molecular formula is C45H54Cl2N2O5. The van der Waals surface area contributed by atoms with Gasteiger partial charge in [0, 0.05) is 33.8 Å². The number of aliphatic hydroxyl groups excluding tert-OH is 1. The zero-order valence-corrected chi connectivity index (χ0v) is 34.2. The third kappa shape index (κ3) is 5.35. The van der Waals surface area contributed by atoms with E-state index in [2.05, 4.69) is 74.1 Å². The second-order valence-electron chi connectivity index (χ2n) is 17.8. The van der Waals surface area contributed by atoms with Gasteiger partial charge in [-0.25, -0.2) is 0 Å². The summed E-state index contributed by atoms with van der Waals surface area (Å²) in [6.45, 7) is 12.1. The van der Waals surface area contributed by atoms with E-state index in [-0.39, 0.29) is 53.1 Å². The van der Waals surface area contributed by atoms with Gasteiger partial charge < -0.3 is 24.1 Å². The predicted molar refractivity (Wildman–Crippen MR) is 216 cm³/mol. The van der Waals surface area contributed by atoms with Gasteiger partial charge >= 0.3 is 0 Å². The maximum atomic E-state index is 14.0. The zero-order valence-electron chi connectivity index (χ0n) is 32.6. The van der Waals surface area contributed by atoms with Gasteiger partial charge in [-0.3, -0.25) is 9.59 Å². The van der Waals surface area contributed by atoms with Crippen molar-refractivity contribution in [3.8, 4) is 0 Å². The lowest BCUT2D eigenvalue weighted by Crippen LogP contribution is -2.66. The number of hydrogen-bond acceptors (Lipinski definition) is 7. The van der Waals surface area contributed by atoms with Gasteiger partial charge in [-0.2, -0.15) is 0 Å². The van der Waals surface area contributed by atoms with E-state index in [1.807, 2.05) is 45.2 Å². The van der Waals surface area contributed by atoms with Gasteiger partial charge in [0.2, 0.25) is 5.78 Å². The normalized spacial score (nSPS) is 33.9. The number of epoxide rings is 1. The van der Waals surface area contributed by atoms with Gasteiger partial charge in [-0.05, 0) is 144 Å². The van der Waals surface area contributed by atoms with Crippen LogP contribution in [0.2, 0.25) is 5.02 Å². The van der Waals surface area contributed by atoms with Crippen LogP contribution in [-0.2, 0) is 27.2 Å². The van der Waals surface area contributed by atoms with Crippen LogP contribution < -0.4 is 4.90 Å². The van der Waals surface area contributed by atoms with Crippen LogP contribution in [0.3, 0.4) is 0 Å². The molecule has 1 aromatic heterocycles. The van der Waals surface area contributed by atoms with Gasteiger partial charge in [-0.1, -0.05) is 55.8 Å². The van der Waals surface area contributed by atoms with Crippen LogP contribution >= 0.6 is 24.0 Å². The molecule has 7 nitrogen and oxygen atoms in total. The number of rotatable bonds is 5. The van der Waals surface area contributed by atoms with Crippen molar-refractivity contribution >= 4 is 46.9 Å². The lowest BCUT2D eigenvalue weighted by Gasteiger charge is -2.62. The monoisotopic (exact) mass is 772 g/mol. The number of allylic oxidation sites excluding steroid dienone is 4. The molecule has 7 atom stereocenters. The minimum Gasteiger partial charge on any atom is -0.504 e. The summed E-state index contributed by atoms with van der Waals surface area (Å²) >= 11 is 6.27. The van der Waals surface area contributed by atoms with Crippen molar-refractivity contribution in [1.82, 2.24) is 4.90 Å². The van der Waals surface area contributed by atoms with Gasteiger partial charge in [0.15, 0.2) is 11.5 Å². The number of benzene rings is 2. The first-order valence-corrected chi connectivity index (χ1v) is 19.7. The number of fused-ring (bicyclic) bond motifs is 5. The molecule has 3 aromatic rings. The summed E-state index contributed by atoms with van der Waals surface area (Å²) in [5, 5.41) is 12.2. The Bertz CT molecular complexity index is 2040. The molecule has 2 saturated carbocycles. The van der Waals surface area contributed by atoms with Crippen molar-refractivity contribution in [2.24, 2.45) is 27.6 Å². The molecule has 6 aliphatic rings. The average molecular weight is 774 g/mol. The van der Waals surface area contributed by atoms with Crippen LogP contribution in [0.15, 0.2) is 89.0 Å². The molecule has 9 heteroatoms. The standard InChI is InChI=1S/C26H30O5.C19H23ClN2.ClH/c1-22(2)17(27)7-9-23(3)16-6-10-24(4)15(14-8-11-30-13-14)12-18-26(24,31-18)25(16,5)21(29)19(28)20(22)23;1-21(2)12-5-13-22-18-7-4-3-6-15(18)8-9-16-10-11-17(20)14-19(16)22;/h7-9,11,13,15-16,18,28H,6,10,12H2,1-5H3;3-4,6-7,10-11,14H,5,8-9,12-13H2,1-2H3;1H. The summed E-state index contributed by atoms with van der Waals surface area (Å²) in [5.41, 5.74) is 4.03. The van der Waals surface area contributed by atoms with E-state index in [0.29, 0.717) is 5.57 Å². The van der Waals surface area contributed by atoms with Gasteiger partial charge in [-0.15, -0.1) is 12.4 Å². The van der Waals surface area contributed by atoms with E-state index in [0.717, 1.165) is 56.6 Å². The molecule has 0 bridgehead atoms. The number of anilines is 2. The van der Waals surface area contributed by atoms with E-state index in [9.17, 15) is 14.7 Å². The van der Waals surface area contributed by atoms with Crippen LogP contribution in [-0.4, -0.2) is 60.5 Å². The lowest BCUT2D eigenvalue weighted by molar-refractivity contribution is -0.162. The fourth-order valence-electron chi connectivity index (χ4n) is 12.0. The van der Waals surface area contributed by atoms with E-state index in [1.54, 1.807) is 12.3 Å².